The average Bonchev–Trinajstić information content (AvgIpc) is 2.16. The van der Waals surface area contributed by atoms with Crippen LogP contribution in [0.25, 0.3) is 0 Å². The maximum Gasteiger partial charge on any atom is 0.325 e. The number of hydrogen-bond acceptors (Lipinski definition) is 4. The fraction of sp³-hybridized carbons (Fsp3) is 0.556. The van der Waals surface area contributed by atoms with Gasteiger partial charge in [-0.2, -0.15) is 0 Å². The lowest BCUT2D eigenvalue weighted by Crippen LogP contribution is -2.43. The summed E-state index contributed by atoms with van der Waals surface area (Å²) in [6.45, 7) is -0.117. The predicted molar refractivity (Wildman–Crippen MR) is 51.1 cm³/mol. The molecule has 0 saturated carbocycles. The molecule has 0 radical (unpaired) electrons. The molecule has 1 unspecified atom stereocenters. The van der Waals surface area contributed by atoms with Gasteiger partial charge in [0.2, 0.25) is 5.91 Å². The van der Waals surface area contributed by atoms with Crippen molar-refractivity contribution in [1.82, 2.24) is 4.90 Å². The Labute approximate surface area is 83.2 Å². The number of amides is 1. The van der Waals surface area contributed by atoms with Crippen molar-refractivity contribution in [3.8, 4) is 12.3 Å². The zero-order valence-electron chi connectivity index (χ0n) is 8.32. The molecule has 0 aliphatic heterocycles. The standard InChI is InChI=1S/C9H14N2O3/c1-4-5-7(10)9(13)11(2)6-8(12)14-3/h1,7H,5-6,10H2,2-3H3. The van der Waals surface area contributed by atoms with Crippen molar-refractivity contribution in [2.24, 2.45) is 5.73 Å². The van der Waals surface area contributed by atoms with Gasteiger partial charge in [0.15, 0.2) is 0 Å². The van der Waals surface area contributed by atoms with Crippen LogP contribution in [0.15, 0.2) is 0 Å². The van der Waals surface area contributed by atoms with Crippen molar-refractivity contribution in [1.29, 1.82) is 0 Å². The summed E-state index contributed by atoms with van der Waals surface area (Å²) in [5.74, 6) is 1.42. The van der Waals surface area contributed by atoms with Crippen LogP contribution in [0.4, 0.5) is 0 Å². The number of rotatable bonds is 4. The number of hydrogen-bond donors (Lipinski definition) is 1. The van der Waals surface area contributed by atoms with Crippen molar-refractivity contribution in [2.45, 2.75) is 12.5 Å². The number of carbonyl (C=O) groups is 2. The Morgan fingerprint density at radius 1 is 1.64 bits per heavy atom. The van der Waals surface area contributed by atoms with Crippen molar-refractivity contribution < 1.29 is 14.3 Å². The molecule has 1 atom stereocenters. The van der Waals surface area contributed by atoms with Crippen LogP contribution in [0, 0.1) is 12.3 Å². The van der Waals surface area contributed by atoms with Gasteiger partial charge in [0, 0.05) is 13.5 Å². The molecule has 0 aliphatic rings. The number of carbonyl (C=O) groups excluding carboxylic acids is 2. The number of terminal acetylenes is 1. The van der Waals surface area contributed by atoms with E-state index in [0.29, 0.717) is 0 Å². The lowest BCUT2D eigenvalue weighted by molar-refractivity contribution is -0.146. The van der Waals surface area contributed by atoms with Gasteiger partial charge in [-0.05, 0) is 0 Å². The summed E-state index contributed by atoms with van der Waals surface area (Å²) in [4.78, 5) is 23.4. The molecule has 0 heterocycles. The molecule has 0 aromatic rings. The van der Waals surface area contributed by atoms with Gasteiger partial charge in [-0.15, -0.1) is 12.3 Å². The molecule has 2 N–H and O–H groups in total. The first-order valence-corrected chi connectivity index (χ1v) is 4.03. The van der Waals surface area contributed by atoms with E-state index in [1.165, 1.54) is 19.1 Å². The second kappa shape index (κ2) is 6.00. The topological polar surface area (TPSA) is 72.6 Å². The number of nitrogens with zero attached hydrogens (tertiary/aromatic N) is 1. The first kappa shape index (κ1) is 12.5. The number of nitrogens with two attached hydrogens (primary N) is 1. The van der Waals surface area contributed by atoms with Crippen molar-refractivity contribution in [3.05, 3.63) is 0 Å². The lowest BCUT2D eigenvalue weighted by Gasteiger charge is -2.18. The second-order valence-electron chi connectivity index (χ2n) is 2.79. The van der Waals surface area contributed by atoms with Crippen LogP contribution in [-0.2, 0) is 14.3 Å². The van der Waals surface area contributed by atoms with Gasteiger partial charge in [0.1, 0.15) is 6.54 Å². The Bertz CT molecular complexity index is 257. The molecule has 0 spiro atoms. The Hall–Kier alpha value is -1.54. The highest BCUT2D eigenvalue weighted by atomic mass is 16.5. The fourth-order valence-electron chi connectivity index (χ4n) is 0.833. The second-order valence-corrected chi connectivity index (χ2v) is 2.79. The summed E-state index contributed by atoms with van der Waals surface area (Å²) in [6.07, 6.45) is 5.16. The minimum atomic E-state index is -0.755. The molecule has 0 bridgehead atoms. The third-order valence-corrected chi connectivity index (χ3v) is 1.63. The molecule has 78 valence electrons. The van der Waals surface area contributed by atoms with Crippen LogP contribution in [0.2, 0.25) is 0 Å². The van der Waals surface area contributed by atoms with Gasteiger partial charge in [0.05, 0.1) is 13.2 Å². The van der Waals surface area contributed by atoms with E-state index in [-0.39, 0.29) is 18.9 Å². The summed E-state index contributed by atoms with van der Waals surface area (Å²) < 4.78 is 4.40. The molecule has 1 amide bonds. The van der Waals surface area contributed by atoms with Gasteiger partial charge >= 0.3 is 5.97 Å². The van der Waals surface area contributed by atoms with E-state index in [2.05, 4.69) is 10.7 Å². The first-order chi connectivity index (χ1) is 6.52. The molecule has 14 heavy (non-hydrogen) atoms. The normalized spacial score (nSPS) is 11.3. The van der Waals surface area contributed by atoms with Crippen molar-refractivity contribution in [3.63, 3.8) is 0 Å². The molecule has 0 rings (SSSR count). The Kier molecular flexibility index (Phi) is 5.34. The number of ether oxygens (including phenoxy) is 1. The van der Waals surface area contributed by atoms with Gasteiger partial charge in [-0.25, -0.2) is 0 Å². The molecule has 0 saturated heterocycles. The van der Waals surface area contributed by atoms with Crippen LogP contribution in [0.5, 0.6) is 0 Å². The minimum Gasteiger partial charge on any atom is -0.468 e. The number of likely N-dealkylation sites (N-methyl/N-ethyl adjacent to an activating group) is 1. The maximum absolute atomic E-state index is 11.4. The van der Waals surface area contributed by atoms with E-state index in [9.17, 15) is 9.59 Å². The molecular weight excluding hydrogens is 184 g/mol. The molecule has 0 aromatic carbocycles. The van der Waals surface area contributed by atoms with E-state index in [0.717, 1.165) is 0 Å². The van der Waals surface area contributed by atoms with E-state index < -0.39 is 12.0 Å². The van der Waals surface area contributed by atoms with E-state index >= 15 is 0 Å². The SMILES string of the molecule is C#CCC(N)C(=O)N(C)CC(=O)OC. The van der Waals surface area contributed by atoms with Crippen molar-refractivity contribution >= 4 is 11.9 Å². The van der Waals surface area contributed by atoms with Crippen LogP contribution in [-0.4, -0.2) is 43.5 Å². The van der Waals surface area contributed by atoms with E-state index in [1.54, 1.807) is 0 Å². The lowest BCUT2D eigenvalue weighted by atomic mass is 10.2. The maximum atomic E-state index is 11.4. The Balaban J connectivity index is 4.12. The molecule has 0 fully saturated rings. The van der Waals surface area contributed by atoms with Gasteiger partial charge in [-0.3, -0.25) is 9.59 Å². The predicted octanol–water partition coefficient (Wildman–Crippen LogP) is -1.03. The quantitative estimate of drug-likeness (QED) is 0.463. The molecule has 0 aromatic heterocycles. The third-order valence-electron chi connectivity index (χ3n) is 1.63. The minimum absolute atomic E-state index is 0.117. The smallest absolute Gasteiger partial charge is 0.325 e. The summed E-state index contributed by atoms with van der Waals surface area (Å²) >= 11 is 0. The highest BCUT2D eigenvalue weighted by Gasteiger charge is 2.19. The van der Waals surface area contributed by atoms with Crippen LogP contribution in [0.3, 0.4) is 0 Å². The van der Waals surface area contributed by atoms with Gasteiger partial charge in [-0.1, -0.05) is 0 Å². The Morgan fingerprint density at radius 2 is 2.21 bits per heavy atom. The first-order valence-electron chi connectivity index (χ1n) is 4.03. The molecular formula is C9H14N2O3. The zero-order valence-corrected chi connectivity index (χ0v) is 8.32. The molecule has 0 aliphatic carbocycles. The van der Waals surface area contributed by atoms with Gasteiger partial charge < -0.3 is 15.4 Å². The summed E-state index contributed by atoms with van der Waals surface area (Å²) in [6, 6.07) is -0.755. The van der Waals surface area contributed by atoms with Crippen molar-refractivity contribution in [2.75, 3.05) is 20.7 Å². The summed E-state index contributed by atoms with van der Waals surface area (Å²) in [5.41, 5.74) is 5.46. The third kappa shape index (κ3) is 3.92. The monoisotopic (exact) mass is 198 g/mol. The summed E-state index contributed by atoms with van der Waals surface area (Å²) in [5, 5.41) is 0. The zero-order chi connectivity index (χ0) is 11.1. The van der Waals surface area contributed by atoms with Crippen LogP contribution in [0.1, 0.15) is 6.42 Å². The largest absolute Gasteiger partial charge is 0.468 e. The van der Waals surface area contributed by atoms with E-state index in [1.807, 2.05) is 0 Å². The van der Waals surface area contributed by atoms with Crippen LogP contribution >= 0.6 is 0 Å². The number of esters is 1. The van der Waals surface area contributed by atoms with E-state index in [4.69, 9.17) is 12.2 Å². The number of methoxy groups -OCH3 is 1. The highest BCUT2D eigenvalue weighted by Crippen LogP contribution is 1.94. The molecule has 5 nitrogen and oxygen atoms in total. The van der Waals surface area contributed by atoms with Gasteiger partial charge in [0.25, 0.3) is 0 Å². The average molecular weight is 198 g/mol. The Morgan fingerprint density at radius 3 is 2.64 bits per heavy atom. The summed E-state index contributed by atoms with van der Waals surface area (Å²) in [7, 11) is 2.72. The molecule has 5 heteroatoms. The van der Waals surface area contributed by atoms with Crippen LogP contribution < -0.4 is 5.73 Å². The fourth-order valence-corrected chi connectivity index (χ4v) is 0.833. The highest BCUT2D eigenvalue weighted by molar-refractivity contribution is 5.85.